The number of aromatic nitrogens is 1. The molecule has 120 valence electrons. The summed E-state index contributed by atoms with van der Waals surface area (Å²) in [6.45, 7) is 4.41. The van der Waals surface area contributed by atoms with Crippen molar-refractivity contribution in [2.45, 2.75) is 33.1 Å². The SMILES string of the molecule is Cc1ccc(C)c(C(=O)CCC(=O)NCCc2ccccn2)c1. The molecule has 0 bridgehead atoms. The molecule has 0 aliphatic carbocycles. The van der Waals surface area contributed by atoms with Gasteiger partial charge >= 0.3 is 0 Å². The Labute approximate surface area is 137 Å². The number of benzene rings is 1. The van der Waals surface area contributed by atoms with Gasteiger partial charge in [-0.2, -0.15) is 0 Å². The van der Waals surface area contributed by atoms with Crippen LogP contribution in [0.2, 0.25) is 0 Å². The van der Waals surface area contributed by atoms with E-state index in [2.05, 4.69) is 10.3 Å². The Morgan fingerprint density at radius 3 is 2.65 bits per heavy atom. The first kappa shape index (κ1) is 16.9. The van der Waals surface area contributed by atoms with E-state index in [9.17, 15) is 9.59 Å². The summed E-state index contributed by atoms with van der Waals surface area (Å²) in [6.07, 6.45) is 2.88. The molecule has 0 fully saturated rings. The van der Waals surface area contributed by atoms with E-state index in [0.717, 1.165) is 16.8 Å². The van der Waals surface area contributed by atoms with Gasteiger partial charge in [-0.25, -0.2) is 0 Å². The van der Waals surface area contributed by atoms with Crippen molar-refractivity contribution in [3.8, 4) is 0 Å². The van der Waals surface area contributed by atoms with Crippen LogP contribution in [0.15, 0.2) is 42.6 Å². The molecule has 1 N–H and O–H groups in total. The van der Waals surface area contributed by atoms with E-state index in [-0.39, 0.29) is 24.5 Å². The fraction of sp³-hybridized carbons (Fsp3) is 0.316. The molecule has 4 heteroatoms. The van der Waals surface area contributed by atoms with Crippen molar-refractivity contribution in [2.24, 2.45) is 0 Å². The number of hydrogen-bond donors (Lipinski definition) is 1. The lowest BCUT2D eigenvalue weighted by Crippen LogP contribution is -2.26. The van der Waals surface area contributed by atoms with Crippen LogP contribution in [0.25, 0.3) is 0 Å². The summed E-state index contributed by atoms with van der Waals surface area (Å²) >= 11 is 0. The number of ketones is 1. The van der Waals surface area contributed by atoms with Crippen LogP contribution in [0.5, 0.6) is 0 Å². The summed E-state index contributed by atoms with van der Waals surface area (Å²) in [6, 6.07) is 11.5. The summed E-state index contributed by atoms with van der Waals surface area (Å²) in [5.74, 6) is -0.0781. The Bertz CT molecular complexity index is 681. The molecule has 4 nitrogen and oxygen atoms in total. The van der Waals surface area contributed by atoms with E-state index in [4.69, 9.17) is 0 Å². The van der Waals surface area contributed by atoms with E-state index in [1.807, 2.05) is 50.2 Å². The Morgan fingerprint density at radius 2 is 1.91 bits per heavy atom. The molecule has 2 rings (SSSR count). The molecule has 0 spiro atoms. The third-order valence-corrected chi connectivity index (χ3v) is 3.70. The van der Waals surface area contributed by atoms with Gasteiger partial charge in [0.05, 0.1) is 0 Å². The van der Waals surface area contributed by atoms with Crippen molar-refractivity contribution in [3.63, 3.8) is 0 Å². The molecule has 0 aliphatic heterocycles. The molecule has 1 amide bonds. The normalized spacial score (nSPS) is 10.3. The van der Waals surface area contributed by atoms with Crippen molar-refractivity contribution in [1.29, 1.82) is 0 Å². The Kier molecular flexibility index (Phi) is 6.03. The second-order valence-electron chi connectivity index (χ2n) is 5.66. The lowest BCUT2D eigenvalue weighted by Gasteiger charge is -2.07. The van der Waals surface area contributed by atoms with Crippen LogP contribution >= 0.6 is 0 Å². The standard InChI is InChI=1S/C19H22N2O2/c1-14-6-7-15(2)17(13-14)18(22)8-9-19(23)21-12-10-16-5-3-4-11-20-16/h3-7,11,13H,8-10,12H2,1-2H3,(H,21,23). The van der Waals surface area contributed by atoms with Gasteiger partial charge in [-0.05, 0) is 37.6 Å². The number of pyridine rings is 1. The molecule has 1 aromatic heterocycles. The fourth-order valence-electron chi connectivity index (χ4n) is 2.36. The van der Waals surface area contributed by atoms with Crippen molar-refractivity contribution in [2.75, 3.05) is 6.54 Å². The van der Waals surface area contributed by atoms with Crippen molar-refractivity contribution >= 4 is 11.7 Å². The first-order chi connectivity index (χ1) is 11.1. The van der Waals surface area contributed by atoms with Crippen LogP contribution in [-0.2, 0) is 11.2 Å². The summed E-state index contributed by atoms with van der Waals surface area (Å²) in [5.41, 5.74) is 3.67. The number of hydrogen-bond acceptors (Lipinski definition) is 3. The van der Waals surface area contributed by atoms with Crippen molar-refractivity contribution in [3.05, 3.63) is 65.0 Å². The Balaban J connectivity index is 1.75. The highest BCUT2D eigenvalue weighted by atomic mass is 16.2. The smallest absolute Gasteiger partial charge is 0.220 e. The molecule has 0 saturated carbocycles. The minimum absolute atomic E-state index is 0.0195. The predicted molar refractivity (Wildman–Crippen MR) is 90.4 cm³/mol. The fourth-order valence-corrected chi connectivity index (χ4v) is 2.36. The Morgan fingerprint density at radius 1 is 1.09 bits per heavy atom. The van der Waals surface area contributed by atoms with Gasteiger partial charge in [0.2, 0.25) is 5.91 Å². The Hall–Kier alpha value is -2.49. The van der Waals surface area contributed by atoms with Gasteiger partial charge in [0.15, 0.2) is 5.78 Å². The number of nitrogens with one attached hydrogen (secondary N) is 1. The van der Waals surface area contributed by atoms with Gasteiger partial charge in [0.1, 0.15) is 0 Å². The maximum Gasteiger partial charge on any atom is 0.220 e. The van der Waals surface area contributed by atoms with Gasteiger partial charge in [0, 0.05) is 43.3 Å². The van der Waals surface area contributed by atoms with Crippen LogP contribution in [0.4, 0.5) is 0 Å². The van der Waals surface area contributed by atoms with Gasteiger partial charge in [-0.3, -0.25) is 14.6 Å². The minimum atomic E-state index is -0.0976. The third-order valence-electron chi connectivity index (χ3n) is 3.70. The zero-order valence-corrected chi connectivity index (χ0v) is 13.6. The molecule has 2 aromatic rings. The molecular weight excluding hydrogens is 288 g/mol. The van der Waals surface area contributed by atoms with Crippen molar-refractivity contribution < 1.29 is 9.59 Å². The van der Waals surface area contributed by atoms with Crippen LogP contribution < -0.4 is 5.32 Å². The number of rotatable bonds is 7. The lowest BCUT2D eigenvalue weighted by molar-refractivity contribution is -0.121. The molecular formula is C19H22N2O2. The lowest BCUT2D eigenvalue weighted by atomic mass is 9.99. The average molecular weight is 310 g/mol. The third kappa shape index (κ3) is 5.33. The molecule has 23 heavy (non-hydrogen) atoms. The maximum absolute atomic E-state index is 12.2. The molecule has 0 radical (unpaired) electrons. The number of Topliss-reactive ketones (excluding diaryl/α,β-unsaturated/α-hetero) is 1. The van der Waals surface area contributed by atoms with Crippen molar-refractivity contribution in [1.82, 2.24) is 10.3 Å². The van der Waals surface area contributed by atoms with E-state index in [0.29, 0.717) is 18.5 Å². The molecule has 0 aliphatic rings. The zero-order chi connectivity index (χ0) is 16.7. The van der Waals surface area contributed by atoms with E-state index in [1.165, 1.54) is 0 Å². The highest BCUT2D eigenvalue weighted by Crippen LogP contribution is 2.13. The van der Waals surface area contributed by atoms with Gasteiger partial charge in [0.25, 0.3) is 0 Å². The predicted octanol–water partition coefficient (Wildman–Crippen LogP) is 3.02. The molecule has 0 atom stereocenters. The summed E-state index contributed by atoms with van der Waals surface area (Å²) in [4.78, 5) is 28.3. The van der Waals surface area contributed by atoms with E-state index in [1.54, 1.807) is 6.20 Å². The molecule has 1 aromatic carbocycles. The van der Waals surface area contributed by atoms with Crippen LogP contribution in [0, 0.1) is 13.8 Å². The summed E-state index contributed by atoms with van der Waals surface area (Å²) in [7, 11) is 0. The molecule has 0 unspecified atom stereocenters. The number of amides is 1. The number of carbonyl (C=O) groups excluding carboxylic acids is 2. The van der Waals surface area contributed by atoms with Gasteiger partial charge in [-0.1, -0.05) is 23.8 Å². The quantitative estimate of drug-likeness (QED) is 0.800. The molecule has 0 saturated heterocycles. The van der Waals surface area contributed by atoms with Gasteiger partial charge in [-0.15, -0.1) is 0 Å². The van der Waals surface area contributed by atoms with Crippen LogP contribution in [0.3, 0.4) is 0 Å². The number of carbonyl (C=O) groups is 2. The number of aryl methyl sites for hydroxylation is 2. The monoisotopic (exact) mass is 310 g/mol. The average Bonchev–Trinajstić information content (AvgIpc) is 2.56. The summed E-state index contributed by atoms with van der Waals surface area (Å²) < 4.78 is 0. The van der Waals surface area contributed by atoms with E-state index < -0.39 is 0 Å². The minimum Gasteiger partial charge on any atom is -0.356 e. The van der Waals surface area contributed by atoms with Crippen LogP contribution in [-0.4, -0.2) is 23.2 Å². The highest BCUT2D eigenvalue weighted by molar-refractivity contribution is 5.99. The first-order valence-electron chi connectivity index (χ1n) is 7.83. The van der Waals surface area contributed by atoms with Crippen LogP contribution in [0.1, 0.15) is 40.0 Å². The first-order valence-corrected chi connectivity index (χ1v) is 7.83. The zero-order valence-electron chi connectivity index (χ0n) is 13.6. The second kappa shape index (κ2) is 8.22. The molecule has 1 heterocycles. The topological polar surface area (TPSA) is 59.1 Å². The van der Waals surface area contributed by atoms with E-state index >= 15 is 0 Å². The largest absolute Gasteiger partial charge is 0.356 e. The van der Waals surface area contributed by atoms with Gasteiger partial charge < -0.3 is 5.32 Å². The highest BCUT2D eigenvalue weighted by Gasteiger charge is 2.11. The maximum atomic E-state index is 12.2. The summed E-state index contributed by atoms with van der Waals surface area (Å²) in [5, 5.41) is 2.83. The second-order valence-corrected chi connectivity index (χ2v) is 5.66. The number of nitrogens with zero attached hydrogens (tertiary/aromatic N) is 1.